The fourth-order valence-electron chi connectivity index (χ4n) is 2.38. The van der Waals surface area contributed by atoms with E-state index in [4.69, 9.17) is 9.47 Å². The molecule has 132 valence electrons. The van der Waals surface area contributed by atoms with Gasteiger partial charge in [-0.3, -0.25) is 4.79 Å². The van der Waals surface area contributed by atoms with Crippen LogP contribution in [0.1, 0.15) is 40.5 Å². The van der Waals surface area contributed by atoms with Crippen LogP contribution in [0.25, 0.3) is 0 Å². The number of rotatable bonds is 7. The molecule has 0 spiro atoms. The number of carbonyl (C=O) groups excluding carboxylic acids is 1. The van der Waals surface area contributed by atoms with Gasteiger partial charge >= 0.3 is 5.97 Å². The fraction of sp³-hybridized carbons (Fsp3) is 0.938. The highest BCUT2D eigenvalue weighted by Gasteiger charge is 2.33. The minimum atomic E-state index is -0.595. The van der Waals surface area contributed by atoms with Crippen LogP contribution in [0.2, 0.25) is 0 Å². The maximum Gasteiger partial charge on any atom is 0.311 e. The Bertz CT molecular complexity index is 298. The number of aliphatic hydroxyl groups is 2. The third-order valence-corrected chi connectivity index (χ3v) is 3.41. The minimum absolute atomic E-state index is 0.0337. The van der Waals surface area contributed by atoms with E-state index < -0.39 is 6.10 Å². The molecule has 1 fully saturated rings. The number of cyclic esters (lactones) is 1. The van der Waals surface area contributed by atoms with Crippen LogP contribution in [0.3, 0.4) is 0 Å². The molecule has 2 N–H and O–H groups in total. The molecule has 2 atom stereocenters. The lowest BCUT2D eigenvalue weighted by Crippen LogP contribution is -2.56. The van der Waals surface area contributed by atoms with Crippen molar-refractivity contribution in [2.75, 3.05) is 46.0 Å². The van der Waals surface area contributed by atoms with E-state index in [1.807, 2.05) is 13.8 Å². The van der Waals surface area contributed by atoms with Gasteiger partial charge in [0.05, 0.1) is 32.3 Å². The van der Waals surface area contributed by atoms with Gasteiger partial charge in [-0.05, 0) is 13.8 Å². The number of ether oxygens (including phenoxy) is 2. The minimum Gasteiger partial charge on any atom is -0.460 e. The molecule has 2 unspecified atom stereocenters. The van der Waals surface area contributed by atoms with Gasteiger partial charge in [0.1, 0.15) is 32.3 Å². The molecule has 0 radical (unpaired) electrons. The Morgan fingerprint density at radius 2 is 1.95 bits per heavy atom. The molecular weight excluding hydrogens is 286 g/mol. The molecule has 0 aromatic rings. The second-order valence-corrected chi connectivity index (χ2v) is 6.13. The average molecular weight is 320 g/mol. The Morgan fingerprint density at radius 1 is 1.32 bits per heavy atom. The quantitative estimate of drug-likeness (QED) is 0.539. The summed E-state index contributed by atoms with van der Waals surface area (Å²) in [6.07, 6.45) is 1.06. The van der Waals surface area contributed by atoms with Crippen LogP contribution in [0.15, 0.2) is 0 Å². The molecule has 1 rings (SSSR count). The highest BCUT2D eigenvalue weighted by molar-refractivity contribution is 5.69. The SMILES string of the molecule is CC(C)OCC(O)C[N+]1(CCO)CCOC(=O)CC1.CCC. The number of aliphatic hydroxyl groups excluding tert-OH is 2. The number of quaternary nitrogens is 1. The van der Waals surface area contributed by atoms with Gasteiger partial charge in [0.2, 0.25) is 0 Å². The van der Waals surface area contributed by atoms with Gasteiger partial charge in [0.25, 0.3) is 0 Å². The van der Waals surface area contributed by atoms with E-state index in [0.717, 1.165) is 0 Å². The number of carbonyl (C=O) groups is 1. The first-order valence-corrected chi connectivity index (χ1v) is 8.30. The Kier molecular flexibility index (Phi) is 11.5. The number of esters is 1. The van der Waals surface area contributed by atoms with Crippen molar-refractivity contribution in [1.82, 2.24) is 0 Å². The van der Waals surface area contributed by atoms with Crippen molar-refractivity contribution in [3.63, 3.8) is 0 Å². The normalized spacial score (nSPS) is 23.3. The lowest BCUT2D eigenvalue weighted by atomic mass is 10.2. The van der Waals surface area contributed by atoms with Crippen molar-refractivity contribution < 1.29 is 29.0 Å². The van der Waals surface area contributed by atoms with Crippen LogP contribution in [-0.4, -0.2) is 78.9 Å². The first-order chi connectivity index (χ1) is 10.4. The fourth-order valence-corrected chi connectivity index (χ4v) is 2.38. The Hall–Kier alpha value is -0.690. The second-order valence-electron chi connectivity index (χ2n) is 6.13. The van der Waals surface area contributed by atoms with Crippen molar-refractivity contribution in [2.45, 2.75) is 52.7 Å². The summed E-state index contributed by atoms with van der Waals surface area (Å²) >= 11 is 0. The maximum absolute atomic E-state index is 11.3. The summed E-state index contributed by atoms with van der Waals surface area (Å²) in [6, 6.07) is 0. The lowest BCUT2D eigenvalue weighted by Gasteiger charge is -2.38. The third-order valence-electron chi connectivity index (χ3n) is 3.41. The van der Waals surface area contributed by atoms with Crippen molar-refractivity contribution in [3.8, 4) is 0 Å². The van der Waals surface area contributed by atoms with Crippen LogP contribution in [0.5, 0.6) is 0 Å². The van der Waals surface area contributed by atoms with Gasteiger partial charge in [0, 0.05) is 0 Å². The van der Waals surface area contributed by atoms with E-state index >= 15 is 0 Å². The summed E-state index contributed by atoms with van der Waals surface area (Å²) in [5.41, 5.74) is 0. The summed E-state index contributed by atoms with van der Waals surface area (Å²) in [5.74, 6) is -0.203. The zero-order chi connectivity index (χ0) is 17.0. The van der Waals surface area contributed by atoms with Gasteiger partial charge in [-0.25, -0.2) is 0 Å². The molecule has 6 nitrogen and oxygen atoms in total. The molecule has 1 heterocycles. The molecule has 0 aliphatic carbocycles. The molecule has 0 aromatic carbocycles. The largest absolute Gasteiger partial charge is 0.460 e. The van der Waals surface area contributed by atoms with Crippen LogP contribution in [0, 0.1) is 0 Å². The van der Waals surface area contributed by atoms with Crippen LogP contribution in [0.4, 0.5) is 0 Å². The molecule has 6 heteroatoms. The number of hydrogen-bond acceptors (Lipinski definition) is 5. The molecule has 1 saturated heterocycles. The summed E-state index contributed by atoms with van der Waals surface area (Å²) < 4.78 is 10.9. The van der Waals surface area contributed by atoms with E-state index in [2.05, 4.69) is 13.8 Å². The van der Waals surface area contributed by atoms with Crippen LogP contribution >= 0.6 is 0 Å². The zero-order valence-electron chi connectivity index (χ0n) is 14.6. The second kappa shape index (κ2) is 11.8. The Labute approximate surface area is 134 Å². The topological polar surface area (TPSA) is 76.0 Å². The van der Waals surface area contributed by atoms with Crippen molar-refractivity contribution in [3.05, 3.63) is 0 Å². The lowest BCUT2D eigenvalue weighted by molar-refractivity contribution is -0.929. The molecule has 22 heavy (non-hydrogen) atoms. The van der Waals surface area contributed by atoms with Crippen molar-refractivity contribution in [2.24, 2.45) is 0 Å². The van der Waals surface area contributed by atoms with Gasteiger partial charge in [0.15, 0.2) is 0 Å². The molecular formula is C16H34NO5+. The highest BCUT2D eigenvalue weighted by Crippen LogP contribution is 2.14. The first kappa shape index (κ1) is 21.3. The molecule has 0 amide bonds. The molecule has 1 aliphatic heterocycles. The molecule has 0 saturated carbocycles. The van der Waals surface area contributed by atoms with Crippen LogP contribution in [-0.2, 0) is 14.3 Å². The summed E-state index contributed by atoms with van der Waals surface area (Å²) in [6.45, 7) is 11.0. The smallest absolute Gasteiger partial charge is 0.311 e. The summed E-state index contributed by atoms with van der Waals surface area (Å²) in [5, 5.41) is 19.3. The predicted molar refractivity (Wildman–Crippen MR) is 85.5 cm³/mol. The van der Waals surface area contributed by atoms with E-state index in [9.17, 15) is 15.0 Å². The summed E-state index contributed by atoms with van der Waals surface area (Å²) in [4.78, 5) is 11.3. The first-order valence-electron chi connectivity index (χ1n) is 8.30. The van der Waals surface area contributed by atoms with E-state index in [-0.39, 0.29) is 25.3 Å². The molecule has 1 aliphatic rings. The number of hydrogen-bond donors (Lipinski definition) is 2. The summed E-state index contributed by atoms with van der Waals surface area (Å²) in [7, 11) is 0. The van der Waals surface area contributed by atoms with Gasteiger partial charge in [-0.1, -0.05) is 20.3 Å². The van der Waals surface area contributed by atoms with Gasteiger partial charge in [-0.2, -0.15) is 0 Å². The van der Waals surface area contributed by atoms with Crippen LogP contribution < -0.4 is 0 Å². The zero-order valence-corrected chi connectivity index (χ0v) is 14.6. The number of nitrogens with zero attached hydrogens (tertiary/aromatic N) is 1. The Morgan fingerprint density at radius 3 is 2.50 bits per heavy atom. The standard InChI is InChI=1S/C13H26NO5.C3H8/c1-11(2)19-10-12(16)9-14(5-7-15)4-3-13(17)18-8-6-14;1-3-2/h11-12,15-16H,3-10H2,1-2H3;3H2,1-2H3/q+1;. The van der Waals surface area contributed by atoms with E-state index in [1.54, 1.807) is 0 Å². The molecule has 0 bridgehead atoms. The van der Waals surface area contributed by atoms with E-state index in [1.165, 1.54) is 6.42 Å². The molecule has 0 aromatic heterocycles. The Balaban J connectivity index is 0.00000135. The maximum atomic E-state index is 11.3. The van der Waals surface area contributed by atoms with Crippen molar-refractivity contribution in [1.29, 1.82) is 0 Å². The van der Waals surface area contributed by atoms with E-state index in [0.29, 0.717) is 43.7 Å². The van der Waals surface area contributed by atoms with Crippen molar-refractivity contribution >= 4 is 5.97 Å². The monoisotopic (exact) mass is 320 g/mol. The highest BCUT2D eigenvalue weighted by atomic mass is 16.5. The predicted octanol–water partition coefficient (Wildman–Crippen LogP) is 0.945. The third kappa shape index (κ3) is 9.35. The van der Waals surface area contributed by atoms with Gasteiger partial charge < -0.3 is 24.2 Å². The average Bonchev–Trinajstić information content (AvgIpc) is 2.61. The van der Waals surface area contributed by atoms with Gasteiger partial charge in [-0.15, -0.1) is 0 Å².